The Bertz CT molecular complexity index is 558. The molecule has 1 aromatic heterocycles. The molecule has 1 heterocycles. The number of hydrogen-bond donors (Lipinski definition) is 2. The van der Waals surface area contributed by atoms with Crippen molar-refractivity contribution in [1.29, 1.82) is 0 Å². The van der Waals surface area contributed by atoms with Crippen molar-refractivity contribution in [3.63, 3.8) is 0 Å². The summed E-state index contributed by atoms with van der Waals surface area (Å²) in [7, 11) is -3.63. The number of carboxylic acids is 1. The first-order chi connectivity index (χ1) is 8.56. The van der Waals surface area contributed by atoms with Crippen molar-refractivity contribution in [2.24, 2.45) is 11.3 Å². The molecule has 0 saturated heterocycles. The van der Waals surface area contributed by atoms with Crippen molar-refractivity contribution in [2.45, 2.75) is 31.9 Å². The highest BCUT2D eigenvalue weighted by Crippen LogP contribution is 2.26. The van der Waals surface area contributed by atoms with Gasteiger partial charge in [0.1, 0.15) is 4.21 Å². The highest BCUT2D eigenvalue weighted by molar-refractivity contribution is 7.91. The lowest BCUT2D eigenvalue weighted by atomic mass is 9.81. The van der Waals surface area contributed by atoms with E-state index in [9.17, 15) is 13.2 Å². The average molecular weight is 305 g/mol. The maximum atomic E-state index is 12.0. The van der Waals surface area contributed by atoms with Crippen molar-refractivity contribution in [3.05, 3.63) is 17.0 Å². The fourth-order valence-corrected chi connectivity index (χ4v) is 3.55. The van der Waals surface area contributed by atoms with E-state index in [1.807, 2.05) is 27.7 Å². The molecular formula is C12H19NO4S2. The lowest BCUT2D eigenvalue weighted by Gasteiger charge is -2.29. The summed E-state index contributed by atoms with van der Waals surface area (Å²) >= 11 is 0.912. The largest absolute Gasteiger partial charge is 0.478 e. The van der Waals surface area contributed by atoms with E-state index in [1.165, 1.54) is 11.4 Å². The van der Waals surface area contributed by atoms with E-state index in [-0.39, 0.29) is 15.2 Å². The van der Waals surface area contributed by atoms with Gasteiger partial charge in [-0.25, -0.2) is 17.9 Å². The Morgan fingerprint density at radius 2 is 2.05 bits per heavy atom. The summed E-state index contributed by atoms with van der Waals surface area (Å²) < 4.78 is 26.7. The minimum atomic E-state index is -3.63. The van der Waals surface area contributed by atoms with Crippen molar-refractivity contribution in [3.8, 4) is 0 Å². The van der Waals surface area contributed by atoms with Crippen LogP contribution >= 0.6 is 11.3 Å². The van der Waals surface area contributed by atoms with E-state index in [2.05, 4.69) is 4.72 Å². The summed E-state index contributed by atoms with van der Waals surface area (Å²) in [5.41, 5.74) is -0.173. The van der Waals surface area contributed by atoms with Crippen molar-refractivity contribution < 1.29 is 18.3 Å². The predicted octanol–water partition coefficient (Wildman–Crippen LogP) is 2.41. The number of thiophene rings is 1. The van der Waals surface area contributed by atoms with Gasteiger partial charge in [-0.1, -0.05) is 27.7 Å². The number of aromatic carboxylic acids is 1. The Hall–Kier alpha value is -0.920. The summed E-state index contributed by atoms with van der Waals surface area (Å²) in [6.45, 7) is 8.34. The number of nitrogens with one attached hydrogen (secondary N) is 1. The van der Waals surface area contributed by atoms with Gasteiger partial charge in [0.25, 0.3) is 0 Å². The number of carbonyl (C=O) groups is 1. The zero-order chi connectivity index (χ0) is 14.8. The van der Waals surface area contributed by atoms with Gasteiger partial charge in [-0.05, 0) is 17.4 Å². The first-order valence-electron chi connectivity index (χ1n) is 5.88. The summed E-state index contributed by atoms with van der Waals surface area (Å²) in [5, 5.41) is 10.1. The number of rotatable bonds is 6. The quantitative estimate of drug-likeness (QED) is 0.845. The molecule has 0 aliphatic rings. The van der Waals surface area contributed by atoms with Gasteiger partial charge in [0.05, 0.1) is 5.56 Å². The molecule has 0 saturated carbocycles. The summed E-state index contributed by atoms with van der Waals surface area (Å²) in [4.78, 5) is 10.7. The van der Waals surface area contributed by atoms with Crippen LogP contribution in [0.2, 0.25) is 0 Å². The second-order valence-electron chi connectivity index (χ2n) is 5.43. The van der Waals surface area contributed by atoms with Gasteiger partial charge in [0, 0.05) is 11.9 Å². The third-order valence-corrected chi connectivity index (χ3v) is 6.21. The fourth-order valence-electron chi connectivity index (χ4n) is 1.13. The lowest BCUT2D eigenvalue weighted by molar-refractivity contribution is 0.0697. The molecule has 0 bridgehead atoms. The molecular weight excluding hydrogens is 286 g/mol. The Kier molecular flexibility index (Phi) is 4.76. The van der Waals surface area contributed by atoms with E-state index in [1.54, 1.807) is 0 Å². The van der Waals surface area contributed by atoms with Crippen molar-refractivity contribution in [2.75, 3.05) is 6.54 Å². The van der Waals surface area contributed by atoms with Crippen LogP contribution in [0.3, 0.4) is 0 Å². The Morgan fingerprint density at radius 1 is 1.47 bits per heavy atom. The van der Waals surface area contributed by atoms with Crippen LogP contribution in [0.5, 0.6) is 0 Å². The van der Waals surface area contributed by atoms with Crippen LogP contribution in [0.4, 0.5) is 0 Å². The SMILES string of the molecule is CC(C)C(C)(C)CNS(=O)(=O)c1cc(C(=O)O)cs1. The molecule has 7 heteroatoms. The molecule has 0 aliphatic heterocycles. The minimum Gasteiger partial charge on any atom is -0.478 e. The number of sulfonamides is 1. The molecule has 0 radical (unpaired) electrons. The number of hydrogen-bond acceptors (Lipinski definition) is 4. The van der Waals surface area contributed by atoms with Gasteiger partial charge in [0.2, 0.25) is 10.0 Å². The molecule has 2 N–H and O–H groups in total. The summed E-state index contributed by atoms with van der Waals surface area (Å²) in [6, 6.07) is 1.18. The molecule has 0 aromatic carbocycles. The van der Waals surface area contributed by atoms with Crippen LogP contribution in [-0.4, -0.2) is 26.0 Å². The zero-order valence-electron chi connectivity index (χ0n) is 11.4. The monoisotopic (exact) mass is 305 g/mol. The van der Waals surface area contributed by atoms with Gasteiger partial charge in [-0.2, -0.15) is 0 Å². The molecule has 0 atom stereocenters. The standard InChI is InChI=1S/C12H19NO4S2/c1-8(2)12(3,4)7-13-19(16,17)10-5-9(6-18-10)11(14)15/h5-6,8,13H,7H2,1-4H3,(H,14,15). The first kappa shape index (κ1) is 16.1. The van der Waals surface area contributed by atoms with Gasteiger partial charge < -0.3 is 5.11 Å². The van der Waals surface area contributed by atoms with E-state index in [4.69, 9.17) is 5.11 Å². The Labute approximate surface area is 117 Å². The molecule has 108 valence electrons. The number of carboxylic acid groups (broad SMARTS) is 1. The van der Waals surface area contributed by atoms with E-state index in [0.29, 0.717) is 12.5 Å². The second-order valence-corrected chi connectivity index (χ2v) is 8.33. The van der Waals surface area contributed by atoms with Crippen LogP contribution in [0, 0.1) is 11.3 Å². The molecule has 0 amide bonds. The average Bonchev–Trinajstić information content (AvgIpc) is 2.76. The highest BCUT2D eigenvalue weighted by atomic mass is 32.2. The molecule has 1 aromatic rings. The van der Waals surface area contributed by atoms with E-state index < -0.39 is 16.0 Å². The van der Waals surface area contributed by atoms with E-state index >= 15 is 0 Å². The maximum Gasteiger partial charge on any atom is 0.336 e. The van der Waals surface area contributed by atoms with Crippen LogP contribution in [0.15, 0.2) is 15.7 Å². The molecule has 0 spiro atoms. The predicted molar refractivity (Wildman–Crippen MR) is 75.1 cm³/mol. The second kappa shape index (κ2) is 5.60. The highest BCUT2D eigenvalue weighted by Gasteiger charge is 2.26. The normalized spacial score (nSPS) is 12.9. The molecule has 1 rings (SSSR count). The van der Waals surface area contributed by atoms with Crippen LogP contribution in [0.1, 0.15) is 38.1 Å². The van der Waals surface area contributed by atoms with Gasteiger partial charge in [0.15, 0.2) is 0 Å². The fraction of sp³-hybridized carbons (Fsp3) is 0.583. The van der Waals surface area contributed by atoms with Gasteiger partial charge in [-0.3, -0.25) is 0 Å². The van der Waals surface area contributed by atoms with Gasteiger partial charge >= 0.3 is 5.97 Å². The summed E-state index contributed by atoms with van der Waals surface area (Å²) in [6.07, 6.45) is 0. The maximum absolute atomic E-state index is 12.0. The van der Waals surface area contributed by atoms with Gasteiger partial charge in [-0.15, -0.1) is 11.3 Å². The molecule has 0 unspecified atom stereocenters. The summed E-state index contributed by atoms with van der Waals surface area (Å²) in [5.74, 6) is -0.798. The van der Waals surface area contributed by atoms with Crippen LogP contribution in [0.25, 0.3) is 0 Å². The van der Waals surface area contributed by atoms with Crippen molar-refractivity contribution in [1.82, 2.24) is 4.72 Å². The lowest BCUT2D eigenvalue weighted by Crippen LogP contribution is -2.36. The smallest absolute Gasteiger partial charge is 0.336 e. The molecule has 5 nitrogen and oxygen atoms in total. The zero-order valence-corrected chi connectivity index (χ0v) is 13.1. The van der Waals surface area contributed by atoms with Crippen LogP contribution in [-0.2, 0) is 10.0 Å². The minimum absolute atomic E-state index is 0.00602. The topological polar surface area (TPSA) is 83.5 Å². The first-order valence-corrected chi connectivity index (χ1v) is 8.24. The Morgan fingerprint density at radius 3 is 2.47 bits per heavy atom. The van der Waals surface area contributed by atoms with Crippen molar-refractivity contribution >= 4 is 27.3 Å². The Balaban J connectivity index is 2.84. The third-order valence-electron chi connectivity index (χ3n) is 3.37. The third kappa shape index (κ3) is 4.02. The molecule has 0 aliphatic carbocycles. The van der Waals surface area contributed by atoms with E-state index in [0.717, 1.165) is 11.3 Å². The van der Waals surface area contributed by atoms with Crippen LogP contribution < -0.4 is 4.72 Å². The molecule has 19 heavy (non-hydrogen) atoms. The molecule has 0 fully saturated rings.